The first-order valence-electron chi connectivity index (χ1n) is 8.96. The van der Waals surface area contributed by atoms with E-state index in [1.54, 1.807) is 0 Å². The number of likely N-dealkylation sites (tertiary alicyclic amines) is 1. The fourth-order valence-corrected chi connectivity index (χ4v) is 3.94. The van der Waals surface area contributed by atoms with Crippen molar-refractivity contribution in [2.75, 3.05) is 6.54 Å². The van der Waals surface area contributed by atoms with Gasteiger partial charge in [-0.2, -0.15) is 0 Å². The Morgan fingerprint density at radius 1 is 1.19 bits per heavy atom. The molecular weight excluding hydrogens is 383 g/mol. The van der Waals surface area contributed by atoms with Crippen molar-refractivity contribution in [3.63, 3.8) is 0 Å². The third-order valence-electron chi connectivity index (χ3n) is 4.88. The number of hydrogen-bond acceptors (Lipinski definition) is 5. The zero-order valence-electron chi connectivity index (χ0n) is 15.2. The van der Waals surface area contributed by atoms with Gasteiger partial charge in [-0.15, -0.1) is 0 Å². The van der Waals surface area contributed by atoms with E-state index >= 15 is 0 Å². The Bertz CT molecular complexity index is 972. The van der Waals surface area contributed by atoms with E-state index in [0.29, 0.717) is 15.8 Å². The van der Waals surface area contributed by atoms with Gasteiger partial charge in [0.15, 0.2) is 5.76 Å². The highest BCUT2D eigenvalue weighted by molar-refractivity contribution is 6.42. The Kier molecular flexibility index (Phi) is 5.17. The fourth-order valence-electron chi connectivity index (χ4n) is 3.62. The summed E-state index contributed by atoms with van der Waals surface area (Å²) in [6.07, 6.45) is 4.00. The summed E-state index contributed by atoms with van der Waals surface area (Å²) in [5.41, 5.74) is 3.89. The second-order valence-electron chi connectivity index (χ2n) is 6.93. The van der Waals surface area contributed by atoms with E-state index in [1.807, 2.05) is 44.3 Å². The van der Waals surface area contributed by atoms with Crippen LogP contribution in [-0.4, -0.2) is 26.6 Å². The minimum Gasteiger partial charge on any atom is -0.356 e. The van der Waals surface area contributed by atoms with Gasteiger partial charge in [0.1, 0.15) is 5.82 Å². The first kappa shape index (κ1) is 18.4. The predicted molar refractivity (Wildman–Crippen MR) is 106 cm³/mol. The van der Waals surface area contributed by atoms with Gasteiger partial charge < -0.3 is 4.52 Å². The minimum atomic E-state index is 0.196. The molecule has 0 saturated carbocycles. The lowest BCUT2D eigenvalue weighted by Gasteiger charge is -2.25. The quantitative estimate of drug-likeness (QED) is 0.585. The average molecular weight is 403 g/mol. The summed E-state index contributed by atoms with van der Waals surface area (Å²) in [6.45, 7) is 5.62. The number of aromatic nitrogens is 3. The molecule has 0 radical (unpaired) electrons. The van der Waals surface area contributed by atoms with Crippen LogP contribution in [0, 0.1) is 13.8 Å². The first-order valence-corrected chi connectivity index (χ1v) is 9.72. The third-order valence-corrected chi connectivity index (χ3v) is 5.62. The molecule has 3 aromatic rings. The Morgan fingerprint density at radius 2 is 2.04 bits per heavy atom. The summed E-state index contributed by atoms with van der Waals surface area (Å²) < 4.78 is 5.49. The topological polar surface area (TPSA) is 55.1 Å². The van der Waals surface area contributed by atoms with Crippen LogP contribution in [0.3, 0.4) is 0 Å². The highest BCUT2D eigenvalue weighted by atomic mass is 35.5. The number of aryl methyl sites for hydroxylation is 2. The number of benzene rings is 1. The fraction of sp³-hybridized carbons (Fsp3) is 0.350. The lowest BCUT2D eigenvalue weighted by molar-refractivity contribution is 0.244. The minimum absolute atomic E-state index is 0.196. The molecule has 1 aromatic carbocycles. The molecule has 0 aliphatic carbocycles. The molecule has 5 nitrogen and oxygen atoms in total. The maximum atomic E-state index is 6.19. The van der Waals surface area contributed by atoms with E-state index < -0.39 is 0 Å². The third kappa shape index (κ3) is 3.86. The number of rotatable bonds is 4. The molecule has 0 bridgehead atoms. The number of nitrogens with zero attached hydrogens (tertiary/aromatic N) is 4. The van der Waals surface area contributed by atoms with Gasteiger partial charge in [0.2, 0.25) is 0 Å². The van der Waals surface area contributed by atoms with E-state index in [0.717, 1.165) is 54.3 Å². The van der Waals surface area contributed by atoms with Crippen molar-refractivity contribution >= 4 is 23.2 Å². The molecule has 0 spiro atoms. The van der Waals surface area contributed by atoms with Crippen molar-refractivity contribution in [1.82, 2.24) is 20.0 Å². The van der Waals surface area contributed by atoms with Crippen LogP contribution < -0.4 is 0 Å². The van der Waals surface area contributed by atoms with Gasteiger partial charge >= 0.3 is 0 Å². The maximum absolute atomic E-state index is 6.19. The van der Waals surface area contributed by atoms with Gasteiger partial charge in [0, 0.05) is 18.8 Å². The molecule has 1 aliphatic rings. The van der Waals surface area contributed by atoms with Crippen molar-refractivity contribution < 1.29 is 4.52 Å². The molecule has 4 rings (SSSR count). The second kappa shape index (κ2) is 7.58. The van der Waals surface area contributed by atoms with Crippen LogP contribution in [0.15, 0.2) is 35.0 Å². The highest BCUT2D eigenvalue weighted by Crippen LogP contribution is 2.37. The Hall–Kier alpha value is -1.95. The summed E-state index contributed by atoms with van der Waals surface area (Å²) in [4.78, 5) is 11.6. The summed E-state index contributed by atoms with van der Waals surface area (Å²) >= 11 is 12.2. The Morgan fingerprint density at radius 3 is 2.78 bits per heavy atom. The zero-order valence-corrected chi connectivity index (χ0v) is 16.8. The van der Waals surface area contributed by atoms with Crippen LogP contribution in [0.25, 0.3) is 11.3 Å². The first-order chi connectivity index (χ1) is 13.0. The molecule has 7 heteroatoms. The van der Waals surface area contributed by atoms with Crippen molar-refractivity contribution in [2.45, 2.75) is 39.3 Å². The van der Waals surface area contributed by atoms with Gasteiger partial charge in [-0.25, -0.2) is 9.97 Å². The summed E-state index contributed by atoms with van der Waals surface area (Å²) in [6, 6.07) is 7.93. The molecule has 1 saturated heterocycles. The van der Waals surface area contributed by atoms with Crippen LogP contribution in [0.4, 0.5) is 0 Å². The van der Waals surface area contributed by atoms with Crippen LogP contribution in [-0.2, 0) is 6.54 Å². The SMILES string of the molecule is Cc1cc(-c2cnc(C)nc2[C@@H]2CCCN2Cc2ccc(Cl)c(Cl)c2)on1. The molecule has 3 heterocycles. The van der Waals surface area contributed by atoms with Crippen LogP contribution >= 0.6 is 23.2 Å². The van der Waals surface area contributed by atoms with Crippen molar-refractivity contribution in [1.29, 1.82) is 0 Å². The van der Waals surface area contributed by atoms with Crippen molar-refractivity contribution in [3.05, 3.63) is 63.3 Å². The van der Waals surface area contributed by atoms with E-state index in [9.17, 15) is 0 Å². The van der Waals surface area contributed by atoms with Crippen LogP contribution in [0.2, 0.25) is 10.0 Å². The molecule has 1 fully saturated rings. The molecule has 2 aromatic heterocycles. The Labute approximate surface area is 168 Å². The van der Waals surface area contributed by atoms with Crippen molar-refractivity contribution in [2.24, 2.45) is 0 Å². The van der Waals surface area contributed by atoms with E-state index in [1.165, 1.54) is 0 Å². The number of hydrogen-bond donors (Lipinski definition) is 0. The van der Waals surface area contributed by atoms with E-state index in [4.69, 9.17) is 32.7 Å². The van der Waals surface area contributed by atoms with Gasteiger partial charge in [0.25, 0.3) is 0 Å². The summed E-state index contributed by atoms with van der Waals surface area (Å²) in [5, 5.41) is 5.18. The molecule has 0 unspecified atom stereocenters. The monoisotopic (exact) mass is 402 g/mol. The van der Waals surface area contributed by atoms with Crippen LogP contribution in [0.5, 0.6) is 0 Å². The zero-order chi connectivity index (χ0) is 19.0. The molecule has 0 amide bonds. The normalized spacial score (nSPS) is 17.6. The van der Waals surface area contributed by atoms with Gasteiger partial charge in [-0.1, -0.05) is 34.4 Å². The van der Waals surface area contributed by atoms with Crippen LogP contribution in [0.1, 0.15) is 41.7 Å². The average Bonchev–Trinajstić information content (AvgIpc) is 3.27. The Balaban J connectivity index is 1.67. The largest absolute Gasteiger partial charge is 0.356 e. The van der Waals surface area contributed by atoms with Gasteiger partial charge in [-0.05, 0) is 50.9 Å². The summed E-state index contributed by atoms with van der Waals surface area (Å²) in [7, 11) is 0. The molecule has 0 N–H and O–H groups in total. The lowest BCUT2D eigenvalue weighted by Crippen LogP contribution is -2.24. The van der Waals surface area contributed by atoms with E-state index in [-0.39, 0.29) is 6.04 Å². The van der Waals surface area contributed by atoms with Crippen molar-refractivity contribution in [3.8, 4) is 11.3 Å². The molecule has 1 aliphatic heterocycles. The lowest BCUT2D eigenvalue weighted by atomic mass is 10.0. The smallest absolute Gasteiger partial charge is 0.170 e. The highest BCUT2D eigenvalue weighted by Gasteiger charge is 2.30. The second-order valence-corrected chi connectivity index (χ2v) is 7.74. The van der Waals surface area contributed by atoms with Gasteiger partial charge in [0.05, 0.1) is 33.0 Å². The van der Waals surface area contributed by atoms with Gasteiger partial charge in [-0.3, -0.25) is 4.90 Å². The summed E-state index contributed by atoms with van der Waals surface area (Å²) in [5.74, 6) is 1.47. The molecule has 1 atom stereocenters. The standard InChI is InChI=1S/C20H20Cl2N4O/c1-12-8-19(27-25-12)15-10-23-13(2)24-20(15)18-4-3-7-26(18)11-14-5-6-16(21)17(22)9-14/h5-6,8-10,18H,3-4,7,11H2,1-2H3/t18-/m0/s1. The maximum Gasteiger partial charge on any atom is 0.170 e. The molecular formula is C20H20Cl2N4O. The predicted octanol–water partition coefficient (Wildman–Crippen LogP) is 5.39. The number of halogens is 2. The van der Waals surface area contributed by atoms with E-state index in [2.05, 4.69) is 15.0 Å². The molecule has 140 valence electrons. The molecule has 27 heavy (non-hydrogen) atoms.